The Morgan fingerprint density at radius 3 is 2.41 bits per heavy atom. The van der Waals surface area contributed by atoms with Crippen LogP contribution in [0.15, 0.2) is 42.5 Å². The smallest absolute Gasteiger partial charge is 0.119 e. The Morgan fingerprint density at radius 1 is 1.00 bits per heavy atom. The lowest BCUT2D eigenvalue weighted by molar-refractivity contribution is 0.314. The second-order valence-electron chi connectivity index (χ2n) is 5.27. The fourth-order valence-electron chi connectivity index (χ4n) is 2.42. The van der Waals surface area contributed by atoms with Gasteiger partial charge >= 0.3 is 0 Å². The Morgan fingerprint density at radius 2 is 1.73 bits per heavy atom. The lowest BCUT2D eigenvalue weighted by Gasteiger charge is -2.14. The third-order valence-electron chi connectivity index (χ3n) is 3.69. The van der Waals surface area contributed by atoms with Crippen molar-refractivity contribution in [1.29, 1.82) is 0 Å². The zero-order valence-electron chi connectivity index (χ0n) is 13.7. The predicted octanol–water partition coefficient (Wildman–Crippen LogP) is 4.45. The van der Waals surface area contributed by atoms with Crippen LogP contribution in [0, 0.1) is 6.92 Å². The molecule has 0 heterocycles. The molecule has 0 aromatic heterocycles. The number of methoxy groups -OCH3 is 1. The summed E-state index contributed by atoms with van der Waals surface area (Å²) in [5, 5.41) is 3.54. The Hall–Kier alpha value is -2.16. The molecule has 2 aromatic rings. The predicted molar refractivity (Wildman–Crippen MR) is 92.2 cm³/mol. The highest BCUT2D eigenvalue weighted by atomic mass is 16.5. The molecule has 0 bridgehead atoms. The minimum atomic E-state index is 0.701. The van der Waals surface area contributed by atoms with E-state index in [9.17, 15) is 0 Å². The number of para-hydroxylation sites is 1. The highest BCUT2D eigenvalue weighted by Gasteiger charge is 2.03. The van der Waals surface area contributed by atoms with Gasteiger partial charge in [0.2, 0.25) is 0 Å². The SMILES string of the molecule is CCc1cccc(C)c1NCCCOc1ccc(OC)cc1. The minimum Gasteiger partial charge on any atom is -0.497 e. The normalized spacial score (nSPS) is 10.3. The molecular formula is C19H25NO2. The molecule has 0 aliphatic heterocycles. The first-order valence-corrected chi connectivity index (χ1v) is 7.83. The molecular weight excluding hydrogens is 274 g/mol. The fourth-order valence-corrected chi connectivity index (χ4v) is 2.42. The van der Waals surface area contributed by atoms with Gasteiger partial charge in [0.15, 0.2) is 0 Å². The molecule has 1 N–H and O–H groups in total. The number of anilines is 1. The summed E-state index contributed by atoms with van der Waals surface area (Å²) in [6, 6.07) is 14.1. The van der Waals surface area contributed by atoms with E-state index >= 15 is 0 Å². The average Bonchev–Trinajstić information content (AvgIpc) is 2.56. The number of hydrogen-bond acceptors (Lipinski definition) is 3. The molecule has 0 aliphatic rings. The van der Waals surface area contributed by atoms with Crippen LogP contribution in [0.4, 0.5) is 5.69 Å². The molecule has 0 saturated heterocycles. The summed E-state index contributed by atoms with van der Waals surface area (Å²) in [4.78, 5) is 0. The van der Waals surface area contributed by atoms with Crippen molar-refractivity contribution in [2.75, 3.05) is 25.6 Å². The van der Waals surface area contributed by atoms with Crippen LogP contribution in [-0.4, -0.2) is 20.3 Å². The first kappa shape index (κ1) is 16.2. The zero-order chi connectivity index (χ0) is 15.8. The molecule has 2 aromatic carbocycles. The van der Waals surface area contributed by atoms with Gasteiger partial charge in [-0.05, 0) is 55.2 Å². The van der Waals surface area contributed by atoms with Gasteiger partial charge in [-0.25, -0.2) is 0 Å². The highest BCUT2D eigenvalue weighted by molar-refractivity contribution is 5.57. The van der Waals surface area contributed by atoms with E-state index in [1.165, 1.54) is 16.8 Å². The monoisotopic (exact) mass is 299 g/mol. The lowest BCUT2D eigenvalue weighted by atomic mass is 10.1. The first-order valence-electron chi connectivity index (χ1n) is 7.83. The molecule has 0 atom stereocenters. The van der Waals surface area contributed by atoms with Crippen LogP contribution in [0.5, 0.6) is 11.5 Å². The van der Waals surface area contributed by atoms with Crippen molar-refractivity contribution in [3.05, 3.63) is 53.6 Å². The van der Waals surface area contributed by atoms with Gasteiger partial charge in [0.1, 0.15) is 11.5 Å². The average molecular weight is 299 g/mol. The number of ether oxygens (including phenoxy) is 2. The maximum Gasteiger partial charge on any atom is 0.119 e. The molecule has 3 heteroatoms. The zero-order valence-corrected chi connectivity index (χ0v) is 13.7. The summed E-state index contributed by atoms with van der Waals surface area (Å²) in [6.45, 7) is 5.95. The quantitative estimate of drug-likeness (QED) is 0.731. The first-order chi connectivity index (χ1) is 10.7. The molecule has 0 amide bonds. The lowest BCUT2D eigenvalue weighted by Crippen LogP contribution is -2.09. The molecule has 3 nitrogen and oxygen atoms in total. The largest absolute Gasteiger partial charge is 0.497 e. The number of nitrogens with one attached hydrogen (secondary N) is 1. The number of aryl methyl sites for hydroxylation is 2. The van der Waals surface area contributed by atoms with E-state index in [2.05, 4.69) is 37.4 Å². The van der Waals surface area contributed by atoms with Gasteiger partial charge in [-0.2, -0.15) is 0 Å². The standard InChI is InChI=1S/C19H25NO2/c1-4-16-8-5-7-15(2)19(16)20-13-6-14-22-18-11-9-17(21-3)10-12-18/h5,7-12,20H,4,6,13-14H2,1-3H3. The van der Waals surface area contributed by atoms with Gasteiger partial charge in [0, 0.05) is 12.2 Å². The third-order valence-corrected chi connectivity index (χ3v) is 3.69. The molecule has 0 saturated carbocycles. The van der Waals surface area contributed by atoms with Crippen molar-refractivity contribution < 1.29 is 9.47 Å². The van der Waals surface area contributed by atoms with E-state index in [0.717, 1.165) is 30.9 Å². The van der Waals surface area contributed by atoms with Crippen LogP contribution in [0.3, 0.4) is 0 Å². The van der Waals surface area contributed by atoms with Crippen LogP contribution in [0.1, 0.15) is 24.5 Å². The Balaban J connectivity index is 1.75. The van der Waals surface area contributed by atoms with E-state index in [1.807, 2.05) is 24.3 Å². The van der Waals surface area contributed by atoms with Crippen molar-refractivity contribution in [2.24, 2.45) is 0 Å². The molecule has 0 unspecified atom stereocenters. The second kappa shape index (κ2) is 8.32. The number of hydrogen-bond donors (Lipinski definition) is 1. The van der Waals surface area contributed by atoms with E-state index in [4.69, 9.17) is 9.47 Å². The van der Waals surface area contributed by atoms with Gasteiger partial charge in [-0.1, -0.05) is 25.1 Å². The fraction of sp³-hybridized carbons (Fsp3) is 0.368. The summed E-state index contributed by atoms with van der Waals surface area (Å²) in [7, 11) is 1.66. The maximum atomic E-state index is 5.73. The molecule has 118 valence electrons. The van der Waals surface area contributed by atoms with E-state index < -0.39 is 0 Å². The van der Waals surface area contributed by atoms with Gasteiger partial charge in [0.25, 0.3) is 0 Å². The van der Waals surface area contributed by atoms with E-state index in [1.54, 1.807) is 7.11 Å². The van der Waals surface area contributed by atoms with Gasteiger partial charge in [0.05, 0.1) is 13.7 Å². The van der Waals surface area contributed by atoms with Crippen molar-refractivity contribution in [3.8, 4) is 11.5 Å². The van der Waals surface area contributed by atoms with E-state index in [0.29, 0.717) is 6.61 Å². The molecule has 0 aliphatic carbocycles. The molecule has 0 radical (unpaired) electrons. The van der Waals surface area contributed by atoms with Crippen molar-refractivity contribution >= 4 is 5.69 Å². The second-order valence-corrected chi connectivity index (χ2v) is 5.27. The third kappa shape index (κ3) is 4.42. The topological polar surface area (TPSA) is 30.5 Å². The molecule has 0 spiro atoms. The summed E-state index contributed by atoms with van der Waals surface area (Å²) in [6.07, 6.45) is 2.01. The summed E-state index contributed by atoms with van der Waals surface area (Å²) < 4.78 is 10.9. The van der Waals surface area contributed by atoms with Crippen LogP contribution in [0.25, 0.3) is 0 Å². The Kier molecular flexibility index (Phi) is 6.13. The summed E-state index contributed by atoms with van der Waals surface area (Å²) in [5.41, 5.74) is 3.95. The van der Waals surface area contributed by atoms with Crippen LogP contribution < -0.4 is 14.8 Å². The Labute approximate surface area is 133 Å². The Bertz CT molecular complexity index is 578. The van der Waals surface area contributed by atoms with Crippen molar-refractivity contribution in [2.45, 2.75) is 26.7 Å². The van der Waals surface area contributed by atoms with Gasteiger partial charge in [-0.3, -0.25) is 0 Å². The maximum absolute atomic E-state index is 5.73. The van der Waals surface area contributed by atoms with Crippen molar-refractivity contribution in [1.82, 2.24) is 0 Å². The van der Waals surface area contributed by atoms with Gasteiger partial charge in [-0.15, -0.1) is 0 Å². The summed E-state index contributed by atoms with van der Waals surface area (Å²) in [5.74, 6) is 1.73. The summed E-state index contributed by atoms with van der Waals surface area (Å²) >= 11 is 0. The number of benzene rings is 2. The van der Waals surface area contributed by atoms with E-state index in [-0.39, 0.29) is 0 Å². The van der Waals surface area contributed by atoms with Crippen molar-refractivity contribution in [3.63, 3.8) is 0 Å². The van der Waals surface area contributed by atoms with Crippen LogP contribution in [0.2, 0.25) is 0 Å². The molecule has 0 fully saturated rings. The number of rotatable bonds is 8. The minimum absolute atomic E-state index is 0.701. The van der Waals surface area contributed by atoms with Gasteiger partial charge < -0.3 is 14.8 Å². The highest BCUT2D eigenvalue weighted by Crippen LogP contribution is 2.21. The molecule has 2 rings (SSSR count). The molecule has 22 heavy (non-hydrogen) atoms. The van der Waals surface area contributed by atoms with Crippen LogP contribution >= 0.6 is 0 Å². The van der Waals surface area contributed by atoms with Crippen LogP contribution in [-0.2, 0) is 6.42 Å².